The Morgan fingerprint density at radius 1 is 1.23 bits per heavy atom. The van der Waals surface area contributed by atoms with Gasteiger partial charge in [0.05, 0.1) is 5.60 Å². The Balaban J connectivity index is 2.99. The third-order valence-corrected chi connectivity index (χ3v) is 4.40. The van der Waals surface area contributed by atoms with Gasteiger partial charge >= 0.3 is 0 Å². The molecule has 0 radical (unpaired) electrons. The molecule has 0 aromatic carbocycles. The first-order valence-corrected chi connectivity index (χ1v) is 8.47. The topological polar surface area (TPSA) is 37.3 Å². The fourth-order valence-electron chi connectivity index (χ4n) is 2.84. The van der Waals surface area contributed by atoms with Gasteiger partial charge in [-0.2, -0.15) is 0 Å². The van der Waals surface area contributed by atoms with Crippen LogP contribution in [0, 0.1) is 11.8 Å². The summed E-state index contributed by atoms with van der Waals surface area (Å²) >= 11 is 0. The Morgan fingerprint density at radius 3 is 2.55 bits per heavy atom. The normalized spacial score (nSPS) is 29.0. The molecule has 0 aromatic heterocycles. The number of carbonyl (C=O) groups excluding carboxylic acids is 1. The molecule has 2 nitrogen and oxygen atoms in total. The molecule has 1 rings (SSSR count). The number of carbonyl (C=O) groups is 1. The largest absolute Gasteiger partial charge is 0.386 e. The van der Waals surface area contributed by atoms with Gasteiger partial charge in [-0.25, -0.2) is 0 Å². The average Bonchev–Trinajstić information content (AvgIpc) is 2.36. The van der Waals surface area contributed by atoms with Crippen LogP contribution in [-0.4, -0.2) is 16.5 Å². The molecule has 0 spiro atoms. The monoisotopic (exact) mass is 304 g/mol. The molecule has 0 unspecified atom stereocenters. The van der Waals surface area contributed by atoms with Gasteiger partial charge in [-0.15, -0.1) is 0 Å². The van der Waals surface area contributed by atoms with Gasteiger partial charge in [-0.3, -0.25) is 4.79 Å². The lowest BCUT2D eigenvalue weighted by Gasteiger charge is -2.22. The third-order valence-electron chi connectivity index (χ3n) is 4.40. The van der Waals surface area contributed by atoms with Crippen LogP contribution in [0.2, 0.25) is 0 Å². The Kier molecular flexibility index (Phi) is 7.28. The molecule has 0 saturated heterocycles. The van der Waals surface area contributed by atoms with Crippen molar-refractivity contribution >= 4 is 5.78 Å². The molecule has 1 N–H and O–H groups in total. The predicted molar refractivity (Wildman–Crippen MR) is 93.7 cm³/mol. The summed E-state index contributed by atoms with van der Waals surface area (Å²) in [7, 11) is 0. The van der Waals surface area contributed by atoms with Gasteiger partial charge in [0.1, 0.15) is 0 Å². The van der Waals surface area contributed by atoms with E-state index < -0.39 is 5.60 Å². The molecule has 0 aliphatic heterocycles. The summed E-state index contributed by atoms with van der Waals surface area (Å²) in [5.74, 6) is 0.974. The van der Waals surface area contributed by atoms with Crippen molar-refractivity contribution in [3.05, 3.63) is 35.5 Å². The quantitative estimate of drug-likeness (QED) is 0.693. The highest BCUT2D eigenvalue weighted by atomic mass is 16.3. The summed E-state index contributed by atoms with van der Waals surface area (Å²) in [6.45, 7) is 10.3. The second kappa shape index (κ2) is 8.47. The van der Waals surface area contributed by atoms with Crippen LogP contribution in [0.3, 0.4) is 0 Å². The molecule has 0 aromatic rings. The zero-order chi connectivity index (χ0) is 16.8. The van der Waals surface area contributed by atoms with Crippen molar-refractivity contribution < 1.29 is 9.90 Å². The summed E-state index contributed by atoms with van der Waals surface area (Å²) in [6, 6.07) is 0. The SMILES string of the molecule is CC1=CC(=O)C[C@](C)(O)C=C[C@H](C(C)C)CCC(C)=CCC1. The van der Waals surface area contributed by atoms with E-state index in [-0.39, 0.29) is 12.2 Å². The Hall–Kier alpha value is -1.15. The fourth-order valence-corrected chi connectivity index (χ4v) is 2.84. The van der Waals surface area contributed by atoms with Crippen LogP contribution >= 0.6 is 0 Å². The lowest BCUT2D eigenvalue weighted by Crippen LogP contribution is -2.25. The summed E-state index contributed by atoms with van der Waals surface area (Å²) in [6.07, 6.45) is 12.2. The van der Waals surface area contributed by atoms with Crippen LogP contribution in [0.4, 0.5) is 0 Å². The average molecular weight is 304 g/mol. The highest BCUT2D eigenvalue weighted by molar-refractivity contribution is 5.91. The van der Waals surface area contributed by atoms with E-state index in [0.29, 0.717) is 11.8 Å². The number of hydrogen-bond donors (Lipinski definition) is 1. The minimum Gasteiger partial charge on any atom is -0.386 e. The molecular formula is C20H32O2. The van der Waals surface area contributed by atoms with Gasteiger partial charge < -0.3 is 5.11 Å². The minimum absolute atomic E-state index is 0.00556. The van der Waals surface area contributed by atoms with Crippen LogP contribution < -0.4 is 0 Å². The van der Waals surface area contributed by atoms with Crippen LogP contribution in [0.25, 0.3) is 0 Å². The Labute approximate surface area is 136 Å². The highest BCUT2D eigenvalue weighted by Gasteiger charge is 2.21. The first-order chi connectivity index (χ1) is 10.2. The Bertz CT molecular complexity index is 464. The van der Waals surface area contributed by atoms with Crippen molar-refractivity contribution in [1.82, 2.24) is 0 Å². The zero-order valence-electron chi connectivity index (χ0n) is 14.9. The third kappa shape index (κ3) is 7.22. The summed E-state index contributed by atoms with van der Waals surface area (Å²) in [5.41, 5.74) is 1.45. The maximum absolute atomic E-state index is 12.1. The van der Waals surface area contributed by atoms with Crippen molar-refractivity contribution in [3.8, 4) is 0 Å². The van der Waals surface area contributed by atoms with E-state index in [1.54, 1.807) is 13.0 Å². The van der Waals surface area contributed by atoms with Crippen molar-refractivity contribution in [2.45, 2.75) is 72.3 Å². The molecule has 2 atom stereocenters. The molecular weight excluding hydrogens is 272 g/mol. The first-order valence-electron chi connectivity index (χ1n) is 8.47. The second-order valence-corrected chi connectivity index (χ2v) is 7.39. The van der Waals surface area contributed by atoms with Gasteiger partial charge in [0.25, 0.3) is 0 Å². The van der Waals surface area contributed by atoms with Crippen LogP contribution in [0.5, 0.6) is 0 Å². The number of rotatable bonds is 1. The molecule has 0 saturated carbocycles. The standard InChI is InChI=1S/C20H32O2/c1-15(2)18-10-9-16(3)7-6-8-17(4)13-19(21)14-20(5,22)12-11-18/h7,11-13,15,18,22H,6,8-10,14H2,1-5H3/t18-,20-/m1/s1. The first kappa shape index (κ1) is 18.9. The summed E-state index contributed by atoms with van der Waals surface area (Å²) in [5, 5.41) is 10.4. The number of hydrogen-bond acceptors (Lipinski definition) is 2. The van der Waals surface area contributed by atoms with Gasteiger partial charge in [-0.05, 0) is 64.4 Å². The van der Waals surface area contributed by atoms with Crippen LogP contribution in [0.15, 0.2) is 35.5 Å². The van der Waals surface area contributed by atoms with Crippen LogP contribution in [0.1, 0.15) is 66.7 Å². The van der Waals surface area contributed by atoms with Crippen LogP contribution in [-0.2, 0) is 4.79 Å². The van der Waals surface area contributed by atoms with E-state index in [2.05, 4.69) is 32.9 Å². The van der Waals surface area contributed by atoms with E-state index in [1.807, 2.05) is 13.0 Å². The number of aliphatic hydroxyl groups is 1. The Morgan fingerprint density at radius 2 is 1.91 bits per heavy atom. The van der Waals surface area contributed by atoms with Gasteiger partial charge in [0, 0.05) is 6.42 Å². The molecule has 1 aliphatic rings. The molecule has 0 heterocycles. The van der Waals surface area contributed by atoms with E-state index >= 15 is 0 Å². The van der Waals surface area contributed by atoms with E-state index in [4.69, 9.17) is 0 Å². The maximum Gasteiger partial charge on any atom is 0.158 e. The number of allylic oxidation sites excluding steroid dienone is 5. The molecule has 124 valence electrons. The van der Waals surface area contributed by atoms with Crippen molar-refractivity contribution in [1.29, 1.82) is 0 Å². The maximum atomic E-state index is 12.1. The smallest absolute Gasteiger partial charge is 0.158 e. The minimum atomic E-state index is -1.06. The molecule has 1 aliphatic carbocycles. The summed E-state index contributed by atoms with van der Waals surface area (Å²) < 4.78 is 0. The van der Waals surface area contributed by atoms with Gasteiger partial charge in [-0.1, -0.05) is 43.2 Å². The number of ketones is 1. The molecule has 0 bridgehead atoms. The molecule has 0 amide bonds. The lowest BCUT2D eigenvalue weighted by atomic mass is 9.86. The molecule has 22 heavy (non-hydrogen) atoms. The lowest BCUT2D eigenvalue weighted by molar-refractivity contribution is -0.117. The van der Waals surface area contributed by atoms with E-state index in [1.165, 1.54) is 5.57 Å². The van der Waals surface area contributed by atoms with E-state index in [0.717, 1.165) is 31.3 Å². The van der Waals surface area contributed by atoms with E-state index in [9.17, 15) is 9.90 Å². The van der Waals surface area contributed by atoms with Gasteiger partial charge in [0.15, 0.2) is 5.78 Å². The van der Waals surface area contributed by atoms with Crippen molar-refractivity contribution in [2.75, 3.05) is 0 Å². The summed E-state index contributed by atoms with van der Waals surface area (Å²) in [4.78, 5) is 12.1. The van der Waals surface area contributed by atoms with Gasteiger partial charge in [0.2, 0.25) is 0 Å². The predicted octanol–water partition coefficient (Wildman–Crippen LogP) is 4.99. The highest BCUT2D eigenvalue weighted by Crippen LogP contribution is 2.24. The molecule has 0 fully saturated rings. The fraction of sp³-hybridized carbons (Fsp3) is 0.650. The van der Waals surface area contributed by atoms with Crippen molar-refractivity contribution in [2.24, 2.45) is 11.8 Å². The van der Waals surface area contributed by atoms with Crippen molar-refractivity contribution in [3.63, 3.8) is 0 Å². The second-order valence-electron chi connectivity index (χ2n) is 7.39. The molecule has 2 heteroatoms. The zero-order valence-corrected chi connectivity index (χ0v) is 14.9.